The van der Waals surface area contributed by atoms with Crippen molar-refractivity contribution in [2.45, 2.75) is 26.8 Å². The Bertz CT molecular complexity index is 1500. The molecule has 0 aliphatic carbocycles. The molecule has 4 aromatic carbocycles. The number of aliphatic imine (C=N–C) groups is 2. The molecule has 0 saturated heterocycles. The maximum absolute atomic E-state index is 12.8. The lowest BCUT2D eigenvalue weighted by Gasteiger charge is -2.35. The number of nitrogens with zero attached hydrogens (tertiary/aromatic N) is 3. The van der Waals surface area contributed by atoms with Gasteiger partial charge in [0, 0.05) is 36.3 Å². The number of fused-ring (bicyclic) bond motifs is 1. The lowest BCUT2D eigenvalue weighted by Crippen LogP contribution is -2.43. The highest BCUT2D eigenvalue weighted by atomic mass is 35.5. The predicted molar refractivity (Wildman–Crippen MR) is 173 cm³/mol. The highest BCUT2D eigenvalue weighted by Gasteiger charge is 2.24. The summed E-state index contributed by atoms with van der Waals surface area (Å²) in [6.07, 6.45) is 0.793. The van der Waals surface area contributed by atoms with Crippen molar-refractivity contribution >= 4 is 53.1 Å². The van der Waals surface area contributed by atoms with Crippen molar-refractivity contribution in [1.82, 2.24) is 5.32 Å². The van der Waals surface area contributed by atoms with Crippen LogP contribution in [0.4, 0.5) is 11.4 Å². The summed E-state index contributed by atoms with van der Waals surface area (Å²) in [4.78, 5) is 23.0. The monoisotopic (exact) mass is 568 g/mol. The summed E-state index contributed by atoms with van der Waals surface area (Å²) < 4.78 is 6.05. The van der Waals surface area contributed by atoms with Crippen LogP contribution in [-0.2, 0) is 6.54 Å². The molecule has 0 saturated carbocycles. The van der Waals surface area contributed by atoms with Gasteiger partial charge in [-0.05, 0) is 78.7 Å². The maximum atomic E-state index is 12.8. The Morgan fingerprint density at radius 2 is 1.76 bits per heavy atom. The van der Waals surface area contributed by atoms with Gasteiger partial charge in [0.1, 0.15) is 5.75 Å². The van der Waals surface area contributed by atoms with E-state index < -0.39 is 0 Å². The molecule has 7 heteroatoms. The summed E-state index contributed by atoms with van der Waals surface area (Å²) in [6.45, 7) is 14.5. The Kier molecular flexibility index (Phi) is 10.1. The van der Waals surface area contributed by atoms with Crippen molar-refractivity contribution in [3.8, 4) is 5.75 Å². The van der Waals surface area contributed by atoms with E-state index in [0.29, 0.717) is 36.0 Å². The molecule has 4 rings (SSSR count). The third-order valence-electron chi connectivity index (χ3n) is 6.89. The SMILES string of the molecule is C=NCc1ccc(OCCCN(CC(C)(C)CNC(=O)c2ccc(N=C)cc2)c2cccc3ccccc23)c(Cl)c1. The van der Waals surface area contributed by atoms with Gasteiger partial charge in [-0.25, -0.2) is 0 Å². The molecule has 4 aromatic rings. The zero-order chi connectivity index (χ0) is 29.2. The topological polar surface area (TPSA) is 66.3 Å². The number of amides is 1. The average Bonchev–Trinajstić information content (AvgIpc) is 2.98. The molecule has 0 aromatic heterocycles. The van der Waals surface area contributed by atoms with Crippen LogP contribution in [0, 0.1) is 5.41 Å². The molecule has 1 N–H and O–H groups in total. The largest absolute Gasteiger partial charge is 0.492 e. The zero-order valence-electron chi connectivity index (χ0n) is 23.8. The molecule has 212 valence electrons. The summed E-state index contributed by atoms with van der Waals surface area (Å²) in [5, 5.41) is 6.08. The lowest BCUT2D eigenvalue weighted by molar-refractivity contribution is 0.0937. The summed E-state index contributed by atoms with van der Waals surface area (Å²) in [6, 6.07) is 27.6. The first-order valence-electron chi connectivity index (χ1n) is 13.7. The van der Waals surface area contributed by atoms with Gasteiger partial charge in [-0.15, -0.1) is 0 Å². The van der Waals surface area contributed by atoms with Gasteiger partial charge in [-0.3, -0.25) is 14.8 Å². The van der Waals surface area contributed by atoms with Gasteiger partial charge in [0.15, 0.2) is 0 Å². The normalized spacial score (nSPS) is 11.2. The second kappa shape index (κ2) is 14.0. The van der Waals surface area contributed by atoms with E-state index in [0.717, 1.165) is 36.4 Å². The van der Waals surface area contributed by atoms with E-state index in [-0.39, 0.29) is 11.3 Å². The lowest BCUT2D eigenvalue weighted by atomic mass is 9.91. The van der Waals surface area contributed by atoms with Crippen molar-refractivity contribution in [3.63, 3.8) is 0 Å². The number of rotatable bonds is 14. The fraction of sp³-hybridized carbons (Fsp3) is 0.265. The van der Waals surface area contributed by atoms with Crippen molar-refractivity contribution in [3.05, 3.63) is 101 Å². The van der Waals surface area contributed by atoms with Gasteiger partial charge in [0.05, 0.1) is 23.9 Å². The number of benzene rings is 4. The van der Waals surface area contributed by atoms with Gasteiger partial charge < -0.3 is 15.0 Å². The summed E-state index contributed by atoms with van der Waals surface area (Å²) in [7, 11) is 0. The Hall–Kier alpha value is -4.16. The predicted octanol–water partition coefficient (Wildman–Crippen LogP) is 7.76. The average molecular weight is 569 g/mol. The van der Waals surface area contributed by atoms with E-state index in [9.17, 15) is 4.79 Å². The molecule has 1 amide bonds. The van der Waals surface area contributed by atoms with E-state index >= 15 is 0 Å². The van der Waals surface area contributed by atoms with E-state index in [1.54, 1.807) is 24.3 Å². The third-order valence-corrected chi connectivity index (χ3v) is 7.18. The minimum Gasteiger partial charge on any atom is -0.492 e. The molecule has 41 heavy (non-hydrogen) atoms. The number of nitrogens with one attached hydrogen (secondary N) is 1. The molecule has 0 atom stereocenters. The molecule has 0 unspecified atom stereocenters. The van der Waals surface area contributed by atoms with E-state index in [4.69, 9.17) is 16.3 Å². The van der Waals surface area contributed by atoms with Gasteiger partial charge in [-0.1, -0.05) is 67.9 Å². The van der Waals surface area contributed by atoms with Gasteiger partial charge in [0.25, 0.3) is 5.91 Å². The van der Waals surface area contributed by atoms with Crippen LogP contribution in [0.1, 0.15) is 36.2 Å². The highest BCUT2D eigenvalue weighted by molar-refractivity contribution is 6.32. The molecule has 0 spiro atoms. The maximum Gasteiger partial charge on any atom is 0.251 e. The van der Waals surface area contributed by atoms with Crippen molar-refractivity contribution in [2.75, 3.05) is 31.1 Å². The Balaban J connectivity index is 1.45. The van der Waals surface area contributed by atoms with E-state index in [1.165, 1.54) is 10.8 Å². The van der Waals surface area contributed by atoms with Crippen molar-refractivity contribution < 1.29 is 9.53 Å². The first kappa shape index (κ1) is 29.8. The van der Waals surface area contributed by atoms with Crippen LogP contribution >= 0.6 is 11.6 Å². The number of hydrogen-bond acceptors (Lipinski definition) is 5. The van der Waals surface area contributed by atoms with Crippen LogP contribution in [0.15, 0.2) is 94.9 Å². The van der Waals surface area contributed by atoms with Crippen LogP contribution in [0.2, 0.25) is 5.02 Å². The Labute approximate surface area is 247 Å². The first-order valence-corrected chi connectivity index (χ1v) is 14.1. The Morgan fingerprint density at radius 3 is 2.49 bits per heavy atom. The Morgan fingerprint density at radius 1 is 1.00 bits per heavy atom. The fourth-order valence-electron chi connectivity index (χ4n) is 4.81. The minimum absolute atomic E-state index is 0.106. The fourth-order valence-corrected chi connectivity index (χ4v) is 5.07. The van der Waals surface area contributed by atoms with E-state index in [1.807, 2.05) is 18.2 Å². The summed E-state index contributed by atoms with van der Waals surface area (Å²) in [5.41, 5.74) is 3.28. The number of carbonyl (C=O) groups is 1. The quantitative estimate of drug-likeness (QED) is 0.125. The van der Waals surface area contributed by atoms with E-state index in [2.05, 4.69) is 89.9 Å². The molecule has 0 bridgehead atoms. The number of hydrogen-bond donors (Lipinski definition) is 1. The number of ether oxygens (including phenoxy) is 1. The molecule has 0 aliphatic heterocycles. The zero-order valence-corrected chi connectivity index (χ0v) is 24.5. The van der Waals surface area contributed by atoms with Crippen LogP contribution in [0.5, 0.6) is 5.75 Å². The van der Waals surface area contributed by atoms with Crippen LogP contribution in [0.25, 0.3) is 10.8 Å². The standard InChI is InChI=1S/C34H37ClN4O2/c1-34(2,23-38-33(40)27-14-16-28(37-4)17-15-27)24-39(31-12-7-10-26-9-5-6-11-29(26)31)19-8-20-41-32-18-13-25(22-36-3)21-30(32)35/h5-7,9-18,21H,3-4,8,19-20,22-24H2,1-2H3,(H,38,40). The highest BCUT2D eigenvalue weighted by Crippen LogP contribution is 2.30. The molecule has 6 nitrogen and oxygen atoms in total. The smallest absolute Gasteiger partial charge is 0.251 e. The third kappa shape index (κ3) is 8.18. The molecule has 0 fully saturated rings. The molecule has 0 heterocycles. The molecule has 0 radical (unpaired) electrons. The first-order chi connectivity index (χ1) is 19.8. The number of carbonyl (C=O) groups excluding carboxylic acids is 1. The summed E-state index contributed by atoms with van der Waals surface area (Å²) >= 11 is 6.44. The van der Waals surface area contributed by atoms with Crippen LogP contribution in [0.3, 0.4) is 0 Å². The van der Waals surface area contributed by atoms with Crippen LogP contribution < -0.4 is 15.0 Å². The molecular weight excluding hydrogens is 532 g/mol. The molecule has 0 aliphatic rings. The number of halogens is 1. The van der Waals surface area contributed by atoms with Crippen molar-refractivity contribution in [1.29, 1.82) is 0 Å². The van der Waals surface area contributed by atoms with Crippen LogP contribution in [-0.4, -0.2) is 45.6 Å². The van der Waals surface area contributed by atoms with Crippen molar-refractivity contribution in [2.24, 2.45) is 15.4 Å². The molecular formula is C34H37ClN4O2. The summed E-state index contributed by atoms with van der Waals surface area (Å²) in [5.74, 6) is 0.557. The second-order valence-electron chi connectivity index (χ2n) is 10.8. The van der Waals surface area contributed by atoms with Gasteiger partial charge in [0.2, 0.25) is 0 Å². The second-order valence-corrected chi connectivity index (χ2v) is 11.2. The number of anilines is 1. The van der Waals surface area contributed by atoms with Gasteiger partial charge >= 0.3 is 0 Å². The minimum atomic E-state index is -0.214. The van der Waals surface area contributed by atoms with Gasteiger partial charge in [-0.2, -0.15) is 0 Å².